The molecule has 0 amide bonds. The van der Waals surface area contributed by atoms with Gasteiger partial charge in [0.25, 0.3) is 0 Å². The van der Waals surface area contributed by atoms with Crippen LogP contribution in [0.5, 0.6) is 0 Å². The van der Waals surface area contributed by atoms with Crippen molar-refractivity contribution >= 4 is 40.1 Å². The molecule has 1 aliphatic rings. The molecule has 1 atom stereocenters. The second-order valence-electron chi connectivity index (χ2n) is 3.54. The largest absolute Gasteiger partial charge is 0.184 e. The number of rotatable bonds is 8. The Kier molecular flexibility index (Phi) is 7.65. The summed E-state index contributed by atoms with van der Waals surface area (Å²) >= 11 is 8.40. The topological polar surface area (TPSA) is 24.7 Å². The van der Waals surface area contributed by atoms with Gasteiger partial charge in [0.15, 0.2) is 9.03 Å². The van der Waals surface area contributed by atoms with E-state index in [0.29, 0.717) is 4.32 Å². The predicted molar refractivity (Wildman–Crippen MR) is 74.7 cm³/mol. The van der Waals surface area contributed by atoms with Crippen LogP contribution in [0, 0.1) is 0 Å². The highest BCUT2D eigenvalue weighted by Crippen LogP contribution is 2.32. The van der Waals surface area contributed by atoms with Gasteiger partial charge in [-0.05, 0) is 24.4 Å². The Morgan fingerprint density at radius 2 is 2.00 bits per heavy atom. The van der Waals surface area contributed by atoms with Crippen LogP contribution < -0.4 is 0 Å². The Balaban J connectivity index is 1.85. The average molecular weight is 262 g/mol. The fourth-order valence-corrected chi connectivity index (χ4v) is 3.75. The lowest BCUT2D eigenvalue weighted by Gasteiger charge is -2.03. The molecule has 0 bridgehead atoms. The molecule has 0 radical (unpaired) electrons. The predicted octanol–water partition coefficient (Wildman–Crippen LogP) is 4.85. The van der Waals surface area contributed by atoms with Gasteiger partial charge < -0.3 is 0 Å². The zero-order valence-electron chi connectivity index (χ0n) is 9.15. The van der Waals surface area contributed by atoms with E-state index in [-0.39, 0.29) is 4.71 Å². The number of thioether (sulfide) groups is 2. The van der Waals surface area contributed by atoms with Crippen molar-refractivity contribution in [3.8, 4) is 0 Å². The smallest absolute Gasteiger partial charge is 0.161 e. The van der Waals surface area contributed by atoms with Gasteiger partial charge in [0.05, 0.1) is 0 Å². The van der Waals surface area contributed by atoms with E-state index in [1.54, 1.807) is 11.8 Å². The summed E-state index contributed by atoms with van der Waals surface area (Å²) in [6.07, 6.45) is 8.13. The molecular formula is C10H18N2S3. The molecule has 0 saturated carbocycles. The number of thiocarbonyl (C=S) groups is 1. The minimum Gasteiger partial charge on any atom is -0.161 e. The summed E-state index contributed by atoms with van der Waals surface area (Å²) in [6, 6.07) is 0. The van der Waals surface area contributed by atoms with Crippen LogP contribution in [0.3, 0.4) is 0 Å². The molecule has 0 unspecified atom stereocenters. The second-order valence-corrected chi connectivity index (χ2v) is 6.75. The van der Waals surface area contributed by atoms with Gasteiger partial charge >= 0.3 is 0 Å². The van der Waals surface area contributed by atoms with E-state index >= 15 is 0 Å². The third-order valence-corrected chi connectivity index (χ3v) is 4.74. The van der Waals surface area contributed by atoms with Gasteiger partial charge in [-0.3, -0.25) is 0 Å². The molecule has 1 heterocycles. The maximum Gasteiger partial charge on any atom is 0.184 e. The molecule has 1 aliphatic heterocycles. The number of hydrogen-bond donors (Lipinski definition) is 0. The Bertz CT molecular complexity index is 219. The summed E-state index contributed by atoms with van der Waals surface area (Å²) in [7, 11) is 0. The Hall–Kier alpha value is 0.390. The summed E-state index contributed by atoms with van der Waals surface area (Å²) in [5.41, 5.74) is 0. The van der Waals surface area contributed by atoms with Gasteiger partial charge in [0, 0.05) is 0 Å². The lowest BCUT2D eigenvalue weighted by molar-refractivity contribution is 0.627. The van der Waals surface area contributed by atoms with Gasteiger partial charge in [-0.2, -0.15) is 5.11 Å². The first-order valence-electron chi connectivity index (χ1n) is 5.56. The van der Waals surface area contributed by atoms with Gasteiger partial charge in [0.2, 0.25) is 0 Å². The number of azo groups is 1. The van der Waals surface area contributed by atoms with Crippen molar-refractivity contribution in [2.24, 2.45) is 10.2 Å². The fourth-order valence-electron chi connectivity index (χ4n) is 1.36. The van der Waals surface area contributed by atoms with Gasteiger partial charge in [-0.1, -0.05) is 50.8 Å². The Morgan fingerprint density at radius 1 is 1.27 bits per heavy atom. The molecule has 0 N–H and O–H groups in total. The zero-order valence-corrected chi connectivity index (χ0v) is 11.6. The Morgan fingerprint density at radius 3 is 2.67 bits per heavy atom. The molecule has 0 fully saturated rings. The fraction of sp³-hybridized carbons (Fsp3) is 0.900. The lowest BCUT2D eigenvalue weighted by Crippen LogP contribution is -1.91. The number of hydrogen-bond acceptors (Lipinski definition) is 4. The number of unbranched alkanes of at least 4 members (excludes halogenated alkanes) is 5. The van der Waals surface area contributed by atoms with Crippen LogP contribution in [-0.2, 0) is 0 Å². The van der Waals surface area contributed by atoms with E-state index in [2.05, 4.69) is 17.2 Å². The van der Waals surface area contributed by atoms with Crippen LogP contribution in [-0.4, -0.2) is 14.8 Å². The van der Waals surface area contributed by atoms with Gasteiger partial charge in [-0.25, -0.2) is 0 Å². The lowest BCUT2D eigenvalue weighted by atomic mass is 10.1. The highest BCUT2D eigenvalue weighted by molar-refractivity contribution is 8.30. The van der Waals surface area contributed by atoms with Crippen molar-refractivity contribution in [3.05, 3.63) is 0 Å². The van der Waals surface area contributed by atoms with Gasteiger partial charge in [0.1, 0.15) is 0 Å². The molecule has 0 saturated heterocycles. The first-order valence-corrected chi connectivity index (χ1v) is 7.89. The summed E-state index contributed by atoms with van der Waals surface area (Å²) in [5, 5.41) is 7.93. The van der Waals surface area contributed by atoms with Crippen LogP contribution in [0.4, 0.5) is 0 Å². The van der Waals surface area contributed by atoms with Crippen molar-refractivity contribution in [2.75, 3.05) is 5.75 Å². The maximum absolute atomic E-state index is 4.93. The van der Waals surface area contributed by atoms with Crippen molar-refractivity contribution in [1.82, 2.24) is 0 Å². The highest BCUT2D eigenvalue weighted by atomic mass is 32.2. The standard InChI is InChI=1S/C10H18N2S3/c1-2-3-4-5-6-7-8-14-10-12-11-9(13)15-10/h10H,2-8H2,1H3/t10-/m0/s1. The molecule has 1 rings (SSSR count). The van der Waals surface area contributed by atoms with Crippen molar-refractivity contribution in [2.45, 2.75) is 50.2 Å². The van der Waals surface area contributed by atoms with Crippen LogP contribution in [0.25, 0.3) is 0 Å². The summed E-state index contributed by atoms with van der Waals surface area (Å²) in [4.78, 5) is 0. The van der Waals surface area contributed by atoms with Crippen LogP contribution >= 0.6 is 35.7 Å². The molecule has 5 heteroatoms. The monoisotopic (exact) mass is 262 g/mol. The SMILES string of the molecule is CCCCCCCCS[C@@H]1N=NC(=S)S1. The summed E-state index contributed by atoms with van der Waals surface area (Å²) in [6.45, 7) is 2.25. The molecular weight excluding hydrogens is 244 g/mol. The molecule has 0 spiro atoms. The molecule has 86 valence electrons. The second kappa shape index (κ2) is 8.53. The summed E-state index contributed by atoms with van der Waals surface area (Å²) < 4.78 is 0.934. The van der Waals surface area contributed by atoms with E-state index in [4.69, 9.17) is 12.2 Å². The first kappa shape index (κ1) is 13.5. The van der Waals surface area contributed by atoms with Gasteiger partial charge in [-0.15, -0.1) is 16.9 Å². The van der Waals surface area contributed by atoms with Crippen LogP contribution in [0.1, 0.15) is 45.4 Å². The molecule has 0 aliphatic carbocycles. The van der Waals surface area contributed by atoms with E-state index in [1.807, 2.05) is 11.8 Å². The Labute approximate surface area is 106 Å². The molecule has 0 aromatic carbocycles. The number of nitrogens with zero attached hydrogens (tertiary/aromatic N) is 2. The van der Waals surface area contributed by atoms with Crippen LogP contribution in [0.2, 0.25) is 0 Å². The van der Waals surface area contributed by atoms with E-state index < -0.39 is 0 Å². The quantitative estimate of drug-likeness (QED) is 0.462. The third kappa shape index (κ3) is 6.53. The van der Waals surface area contributed by atoms with Crippen molar-refractivity contribution in [1.29, 1.82) is 0 Å². The van der Waals surface area contributed by atoms with E-state index in [1.165, 1.54) is 44.3 Å². The average Bonchev–Trinajstić information content (AvgIpc) is 2.63. The molecule has 0 aromatic rings. The highest BCUT2D eigenvalue weighted by Gasteiger charge is 2.16. The minimum absolute atomic E-state index is 0.244. The van der Waals surface area contributed by atoms with E-state index in [9.17, 15) is 0 Å². The third-order valence-electron chi connectivity index (χ3n) is 2.19. The van der Waals surface area contributed by atoms with E-state index in [0.717, 1.165) is 0 Å². The minimum atomic E-state index is 0.244. The molecule has 2 nitrogen and oxygen atoms in total. The normalized spacial score (nSPS) is 20.1. The van der Waals surface area contributed by atoms with Crippen molar-refractivity contribution in [3.63, 3.8) is 0 Å². The molecule has 0 aromatic heterocycles. The van der Waals surface area contributed by atoms with Crippen LogP contribution in [0.15, 0.2) is 10.2 Å². The first-order chi connectivity index (χ1) is 7.33. The zero-order chi connectivity index (χ0) is 10.9. The summed E-state index contributed by atoms with van der Waals surface area (Å²) in [5.74, 6) is 1.19. The van der Waals surface area contributed by atoms with Crippen molar-refractivity contribution < 1.29 is 0 Å². The maximum atomic E-state index is 4.93. The molecule has 15 heavy (non-hydrogen) atoms.